The van der Waals surface area contributed by atoms with E-state index in [0.717, 1.165) is 50.4 Å². The molecule has 0 amide bonds. The first-order chi connectivity index (χ1) is 23.1. The summed E-state index contributed by atoms with van der Waals surface area (Å²) in [5, 5.41) is 32.8. The predicted octanol–water partition coefficient (Wildman–Crippen LogP) is 13.2. The summed E-state index contributed by atoms with van der Waals surface area (Å²) in [5.41, 5.74) is 0. The first-order valence-corrected chi connectivity index (χ1v) is 20.7. The van der Waals surface area contributed by atoms with Crippen LogP contribution in [-0.2, 0) is 31.3 Å². The summed E-state index contributed by atoms with van der Waals surface area (Å²) in [5.74, 6) is 0.424. The van der Waals surface area contributed by atoms with Gasteiger partial charge in [-0.2, -0.15) is 0 Å². The van der Waals surface area contributed by atoms with Crippen LogP contribution in [0.2, 0.25) is 0 Å². The number of aliphatic hydroxyl groups excluding tert-OH is 2. The van der Waals surface area contributed by atoms with Gasteiger partial charge < -0.3 is 20.4 Å². The minimum absolute atomic E-state index is 0. The number of hydrogen-bond acceptors (Lipinski definition) is 4. The second-order valence-electron chi connectivity index (χ2n) is 14.6. The molecular formula is C42H88O6Ti. The fraction of sp³-hybridized carbons (Fsp3) is 0.952. The van der Waals surface area contributed by atoms with Gasteiger partial charge in [-0.25, -0.2) is 0 Å². The summed E-state index contributed by atoms with van der Waals surface area (Å²) in [4.78, 5) is 20.7. The molecule has 296 valence electrons. The molecule has 0 aliphatic carbocycles. The topological polar surface area (TPSA) is 115 Å². The largest absolute Gasteiger partial charge is 0.481 e. The fourth-order valence-electron chi connectivity index (χ4n) is 5.19. The number of aliphatic hydroxyl groups is 2. The molecule has 0 aromatic rings. The Morgan fingerprint density at radius 1 is 0.388 bits per heavy atom. The molecule has 0 aliphatic heterocycles. The maximum atomic E-state index is 10.3. The molecule has 0 aliphatic rings. The van der Waals surface area contributed by atoms with E-state index in [1.807, 2.05) is 13.8 Å². The molecule has 4 N–H and O–H groups in total. The van der Waals surface area contributed by atoms with E-state index >= 15 is 0 Å². The minimum Gasteiger partial charge on any atom is -0.481 e. The average Bonchev–Trinajstić information content (AvgIpc) is 3.05. The van der Waals surface area contributed by atoms with Gasteiger partial charge in [0.2, 0.25) is 0 Å². The van der Waals surface area contributed by atoms with E-state index in [-0.39, 0.29) is 21.7 Å². The van der Waals surface area contributed by atoms with Crippen molar-refractivity contribution in [1.29, 1.82) is 0 Å². The molecule has 0 aromatic heterocycles. The van der Waals surface area contributed by atoms with Crippen LogP contribution >= 0.6 is 0 Å². The Bertz CT molecular complexity index is 532. The molecule has 0 aromatic carbocycles. The van der Waals surface area contributed by atoms with Gasteiger partial charge in [-0.05, 0) is 37.5 Å². The molecule has 0 unspecified atom stereocenters. The van der Waals surface area contributed by atoms with Crippen LogP contribution in [0.25, 0.3) is 0 Å². The summed E-state index contributed by atoms with van der Waals surface area (Å²) in [6.45, 7) is 13.7. The third-order valence-corrected chi connectivity index (χ3v) is 8.29. The first-order valence-electron chi connectivity index (χ1n) is 20.7. The number of carbonyl (C=O) groups is 2. The molecule has 0 radical (unpaired) electrons. The van der Waals surface area contributed by atoms with Crippen molar-refractivity contribution in [3.63, 3.8) is 0 Å². The SMILES string of the molecule is CC(C)CCCCCCCCCCCCCCC(=O)O.CC(C)CCCCCCCCCCCCCCC(=O)O.CCCO.CCCO.[Ti]. The Balaban J connectivity index is -0.000000212. The quantitative estimate of drug-likeness (QED) is 0.0404. The monoisotopic (exact) mass is 737 g/mol. The summed E-state index contributed by atoms with van der Waals surface area (Å²) < 4.78 is 0. The third-order valence-electron chi connectivity index (χ3n) is 8.29. The summed E-state index contributed by atoms with van der Waals surface area (Å²) in [6, 6.07) is 0. The van der Waals surface area contributed by atoms with Crippen molar-refractivity contribution >= 4 is 11.9 Å². The van der Waals surface area contributed by atoms with Gasteiger partial charge in [0.1, 0.15) is 0 Å². The van der Waals surface area contributed by atoms with Crippen LogP contribution in [0.4, 0.5) is 0 Å². The third kappa shape index (κ3) is 78.1. The van der Waals surface area contributed by atoms with E-state index < -0.39 is 11.9 Å². The first kappa shape index (κ1) is 57.9. The number of aliphatic carboxylic acids is 2. The van der Waals surface area contributed by atoms with Crippen molar-refractivity contribution in [3.8, 4) is 0 Å². The van der Waals surface area contributed by atoms with Gasteiger partial charge in [0.05, 0.1) is 0 Å². The molecule has 0 saturated heterocycles. The summed E-state index contributed by atoms with van der Waals surface area (Å²) >= 11 is 0. The van der Waals surface area contributed by atoms with Crippen molar-refractivity contribution in [3.05, 3.63) is 0 Å². The van der Waals surface area contributed by atoms with E-state index in [9.17, 15) is 9.59 Å². The minimum atomic E-state index is -0.654. The Morgan fingerprint density at radius 2 is 0.551 bits per heavy atom. The normalized spacial score (nSPS) is 10.3. The molecule has 0 spiro atoms. The molecule has 0 heterocycles. The fourth-order valence-corrected chi connectivity index (χ4v) is 5.19. The van der Waals surface area contributed by atoms with Gasteiger partial charge in [0.15, 0.2) is 0 Å². The zero-order chi connectivity index (χ0) is 36.9. The van der Waals surface area contributed by atoms with Gasteiger partial charge in [-0.15, -0.1) is 0 Å². The second-order valence-corrected chi connectivity index (χ2v) is 14.6. The van der Waals surface area contributed by atoms with Crippen LogP contribution in [0.5, 0.6) is 0 Å². The number of hydrogen-bond donors (Lipinski definition) is 4. The van der Waals surface area contributed by atoms with Crippen LogP contribution in [0, 0.1) is 11.8 Å². The van der Waals surface area contributed by atoms with E-state index in [1.165, 1.54) is 141 Å². The van der Waals surface area contributed by atoms with Crippen LogP contribution in [0.15, 0.2) is 0 Å². The average molecular weight is 737 g/mol. The molecule has 0 fully saturated rings. The van der Waals surface area contributed by atoms with Gasteiger partial charge in [-0.3, -0.25) is 9.59 Å². The van der Waals surface area contributed by atoms with E-state index in [2.05, 4.69) is 27.7 Å². The van der Waals surface area contributed by atoms with Crippen molar-refractivity contribution in [2.45, 2.75) is 234 Å². The second kappa shape index (κ2) is 54.4. The van der Waals surface area contributed by atoms with Crippen LogP contribution in [0.1, 0.15) is 234 Å². The Morgan fingerprint density at radius 3 is 0.694 bits per heavy atom. The Kier molecular flexibility index (Phi) is 64.2. The Labute approximate surface area is 321 Å². The number of carboxylic acids is 2. The summed E-state index contributed by atoms with van der Waals surface area (Å²) in [6.07, 6.45) is 36.4. The van der Waals surface area contributed by atoms with Gasteiger partial charge in [-0.1, -0.05) is 196 Å². The van der Waals surface area contributed by atoms with Crippen molar-refractivity contribution < 1.29 is 51.7 Å². The molecule has 0 atom stereocenters. The molecule has 49 heavy (non-hydrogen) atoms. The van der Waals surface area contributed by atoms with Crippen molar-refractivity contribution in [1.82, 2.24) is 0 Å². The van der Waals surface area contributed by atoms with Gasteiger partial charge in [0.25, 0.3) is 0 Å². The maximum absolute atomic E-state index is 10.3. The number of unbranched alkanes of at least 4 members (excludes halogenated alkanes) is 22. The standard InChI is InChI=1S/2C18H36O2.2C3H8O.Ti/c2*1-17(2)15-13-11-9-7-5-3-4-6-8-10-12-14-16-18(19)20;2*1-2-3-4;/h2*17H,3-16H2,1-2H3,(H,19,20);2*4H,2-3H2,1H3;. The Hall–Kier alpha value is -0.426. The van der Waals surface area contributed by atoms with Crippen LogP contribution < -0.4 is 0 Å². The van der Waals surface area contributed by atoms with E-state index in [4.69, 9.17) is 20.4 Å². The molecule has 0 bridgehead atoms. The number of rotatable bonds is 32. The number of carboxylic acid groups (broad SMARTS) is 2. The molecule has 6 nitrogen and oxygen atoms in total. The summed E-state index contributed by atoms with van der Waals surface area (Å²) in [7, 11) is 0. The van der Waals surface area contributed by atoms with Crippen molar-refractivity contribution in [2.75, 3.05) is 13.2 Å². The smallest absolute Gasteiger partial charge is 0.303 e. The molecule has 0 rings (SSSR count). The van der Waals surface area contributed by atoms with E-state index in [1.54, 1.807) is 0 Å². The zero-order valence-corrected chi connectivity index (χ0v) is 35.4. The molecular weight excluding hydrogens is 648 g/mol. The van der Waals surface area contributed by atoms with Crippen molar-refractivity contribution in [2.24, 2.45) is 11.8 Å². The van der Waals surface area contributed by atoms with Crippen LogP contribution in [-0.4, -0.2) is 45.6 Å². The molecule has 0 saturated carbocycles. The van der Waals surface area contributed by atoms with Gasteiger partial charge >= 0.3 is 11.9 Å². The van der Waals surface area contributed by atoms with Gasteiger partial charge in [0, 0.05) is 47.8 Å². The van der Waals surface area contributed by atoms with E-state index in [0.29, 0.717) is 26.1 Å². The zero-order valence-electron chi connectivity index (χ0n) is 33.9. The predicted molar refractivity (Wildman–Crippen MR) is 209 cm³/mol. The van der Waals surface area contributed by atoms with Crippen LogP contribution in [0.3, 0.4) is 0 Å². The molecule has 7 heteroatoms. The maximum Gasteiger partial charge on any atom is 0.303 e.